The fourth-order valence-electron chi connectivity index (χ4n) is 1.50. The lowest BCUT2D eigenvalue weighted by molar-refractivity contribution is -0.144. The third kappa shape index (κ3) is 6.65. The fourth-order valence-corrected chi connectivity index (χ4v) is 1.67. The van der Waals surface area contributed by atoms with Crippen molar-refractivity contribution in [1.82, 2.24) is 15.3 Å². The Bertz CT molecular complexity index is 590. The lowest BCUT2D eigenvalue weighted by atomic mass is 10.2. The van der Waals surface area contributed by atoms with Crippen molar-refractivity contribution in [3.05, 3.63) is 11.0 Å². The molecule has 0 atom stereocenters. The van der Waals surface area contributed by atoms with Crippen molar-refractivity contribution >= 4 is 29.2 Å². The maximum absolute atomic E-state index is 12.6. The monoisotopic (exact) mass is 369 g/mol. The number of carbonyl (C=O) groups excluding carboxylic acids is 1. The van der Waals surface area contributed by atoms with Gasteiger partial charge in [-0.05, 0) is 27.2 Å². The number of hydrogen-bond donors (Lipinski definition) is 3. The molecule has 1 aromatic heterocycles. The highest BCUT2D eigenvalue weighted by Crippen LogP contribution is 2.31. The van der Waals surface area contributed by atoms with Gasteiger partial charge in [0.1, 0.15) is 11.3 Å². The van der Waals surface area contributed by atoms with Crippen molar-refractivity contribution in [2.45, 2.75) is 39.0 Å². The molecule has 0 saturated carbocycles. The highest BCUT2D eigenvalue weighted by Gasteiger charge is 2.36. The molecule has 0 spiro atoms. The second kappa shape index (κ2) is 7.73. The standard InChI is InChI=1S/C13H19ClF3N5O2/c1-12(2,3)24-11(23)20-6-4-5-19-9-7(18)8(14)21-10(22-9)13(15,16)17/h4-6,18H2,1-3H3,(H,20,23)(H,19,21,22). The number of halogens is 4. The van der Waals surface area contributed by atoms with E-state index in [0.717, 1.165) is 0 Å². The summed E-state index contributed by atoms with van der Waals surface area (Å²) >= 11 is 5.58. The van der Waals surface area contributed by atoms with Crippen LogP contribution in [0.25, 0.3) is 0 Å². The minimum Gasteiger partial charge on any atom is -0.444 e. The number of nitrogens with two attached hydrogens (primary N) is 1. The number of anilines is 2. The quantitative estimate of drug-likeness (QED) is 0.544. The summed E-state index contributed by atoms with van der Waals surface area (Å²) in [6.45, 7) is 5.66. The van der Waals surface area contributed by atoms with E-state index in [-0.39, 0.29) is 24.6 Å². The van der Waals surface area contributed by atoms with Crippen molar-refractivity contribution in [2.75, 3.05) is 24.1 Å². The van der Waals surface area contributed by atoms with Gasteiger partial charge in [0.15, 0.2) is 11.0 Å². The zero-order chi connectivity index (χ0) is 18.5. The van der Waals surface area contributed by atoms with Crippen LogP contribution in [0.1, 0.15) is 33.0 Å². The van der Waals surface area contributed by atoms with Crippen LogP contribution < -0.4 is 16.4 Å². The van der Waals surface area contributed by atoms with E-state index < -0.39 is 28.8 Å². The summed E-state index contributed by atoms with van der Waals surface area (Å²) in [7, 11) is 0. The van der Waals surface area contributed by atoms with Gasteiger partial charge in [-0.25, -0.2) is 14.8 Å². The zero-order valence-corrected chi connectivity index (χ0v) is 14.2. The van der Waals surface area contributed by atoms with E-state index in [1.807, 2.05) is 0 Å². The van der Waals surface area contributed by atoms with Gasteiger partial charge in [-0.1, -0.05) is 11.6 Å². The number of nitrogen functional groups attached to an aromatic ring is 1. The van der Waals surface area contributed by atoms with Crippen LogP contribution in [0.2, 0.25) is 5.15 Å². The number of rotatable bonds is 5. The van der Waals surface area contributed by atoms with Crippen LogP contribution in [0.4, 0.5) is 29.5 Å². The van der Waals surface area contributed by atoms with E-state index in [9.17, 15) is 18.0 Å². The summed E-state index contributed by atoms with van der Waals surface area (Å²) in [5.74, 6) is -1.59. The lowest BCUT2D eigenvalue weighted by Crippen LogP contribution is -2.33. The number of aromatic nitrogens is 2. The van der Waals surface area contributed by atoms with Gasteiger partial charge in [0.25, 0.3) is 0 Å². The third-order valence-electron chi connectivity index (χ3n) is 2.47. The van der Waals surface area contributed by atoms with Gasteiger partial charge < -0.3 is 21.1 Å². The number of alkyl halides is 3. The van der Waals surface area contributed by atoms with Gasteiger partial charge in [0.05, 0.1) is 0 Å². The van der Waals surface area contributed by atoms with Crippen LogP contribution in [-0.2, 0) is 10.9 Å². The Balaban J connectivity index is 2.51. The van der Waals surface area contributed by atoms with Crippen molar-refractivity contribution in [1.29, 1.82) is 0 Å². The molecule has 0 aliphatic heterocycles. The molecule has 0 radical (unpaired) electrons. The van der Waals surface area contributed by atoms with E-state index in [1.54, 1.807) is 20.8 Å². The predicted octanol–water partition coefficient (Wildman–Crippen LogP) is 3.06. The summed E-state index contributed by atoms with van der Waals surface area (Å²) < 4.78 is 42.9. The molecule has 1 aromatic rings. The molecule has 0 aromatic carbocycles. The van der Waals surface area contributed by atoms with Gasteiger partial charge in [-0.3, -0.25) is 0 Å². The first-order valence-electron chi connectivity index (χ1n) is 7.01. The maximum atomic E-state index is 12.6. The van der Waals surface area contributed by atoms with E-state index in [1.165, 1.54) is 0 Å². The maximum Gasteiger partial charge on any atom is 0.451 e. The summed E-state index contributed by atoms with van der Waals surface area (Å²) in [6, 6.07) is 0. The molecule has 0 bridgehead atoms. The molecule has 0 aliphatic rings. The molecular weight excluding hydrogens is 351 g/mol. The first-order chi connectivity index (χ1) is 10.9. The highest BCUT2D eigenvalue weighted by atomic mass is 35.5. The molecule has 4 N–H and O–H groups in total. The molecule has 24 heavy (non-hydrogen) atoms. The Hall–Kier alpha value is -1.97. The molecule has 11 heteroatoms. The van der Waals surface area contributed by atoms with Crippen molar-refractivity contribution in [2.24, 2.45) is 0 Å². The molecule has 136 valence electrons. The number of nitrogens with one attached hydrogen (secondary N) is 2. The van der Waals surface area contributed by atoms with Crippen LogP contribution in [-0.4, -0.2) is 34.8 Å². The Morgan fingerprint density at radius 1 is 1.25 bits per heavy atom. The van der Waals surface area contributed by atoms with E-state index in [2.05, 4.69) is 20.6 Å². The Morgan fingerprint density at radius 3 is 2.42 bits per heavy atom. The molecule has 1 heterocycles. The number of amides is 1. The van der Waals surface area contributed by atoms with Crippen LogP contribution in [0.5, 0.6) is 0 Å². The Morgan fingerprint density at radius 2 is 1.88 bits per heavy atom. The second-order valence-electron chi connectivity index (χ2n) is 5.81. The summed E-state index contributed by atoms with van der Waals surface area (Å²) in [5, 5.41) is 4.67. The molecule has 0 unspecified atom stereocenters. The normalized spacial score (nSPS) is 12.0. The SMILES string of the molecule is CC(C)(C)OC(=O)NCCCNc1nc(C(F)(F)F)nc(Cl)c1N. The largest absolute Gasteiger partial charge is 0.451 e. The van der Waals surface area contributed by atoms with E-state index in [4.69, 9.17) is 22.1 Å². The van der Waals surface area contributed by atoms with Crippen LogP contribution in [0.3, 0.4) is 0 Å². The molecule has 1 amide bonds. The van der Waals surface area contributed by atoms with Gasteiger partial charge in [0, 0.05) is 13.1 Å². The van der Waals surface area contributed by atoms with Gasteiger partial charge >= 0.3 is 12.3 Å². The summed E-state index contributed by atoms with van der Waals surface area (Å²) in [4.78, 5) is 17.8. The fraction of sp³-hybridized carbons (Fsp3) is 0.615. The lowest BCUT2D eigenvalue weighted by Gasteiger charge is -2.19. The molecule has 0 saturated heterocycles. The van der Waals surface area contributed by atoms with Gasteiger partial charge in [0.2, 0.25) is 5.82 Å². The highest BCUT2D eigenvalue weighted by molar-refractivity contribution is 6.32. The average Bonchev–Trinajstić information content (AvgIpc) is 2.39. The number of nitrogens with zero attached hydrogens (tertiary/aromatic N) is 2. The van der Waals surface area contributed by atoms with Crippen LogP contribution >= 0.6 is 11.6 Å². The predicted molar refractivity (Wildman–Crippen MR) is 83.8 cm³/mol. The number of ether oxygens (including phenoxy) is 1. The smallest absolute Gasteiger partial charge is 0.444 e. The number of hydrogen-bond acceptors (Lipinski definition) is 6. The first-order valence-corrected chi connectivity index (χ1v) is 7.39. The minimum absolute atomic E-state index is 0.176. The molecule has 0 fully saturated rings. The molecule has 0 aliphatic carbocycles. The zero-order valence-electron chi connectivity index (χ0n) is 13.4. The topological polar surface area (TPSA) is 102 Å². The third-order valence-corrected chi connectivity index (χ3v) is 2.76. The van der Waals surface area contributed by atoms with Crippen molar-refractivity contribution < 1.29 is 22.7 Å². The molecule has 1 rings (SSSR count). The van der Waals surface area contributed by atoms with Crippen LogP contribution in [0.15, 0.2) is 0 Å². The van der Waals surface area contributed by atoms with Gasteiger partial charge in [-0.15, -0.1) is 0 Å². The van der Waals surface area contributed by atoms with Crippen molar-refractivity contribution in [3.8, 4) is 0 Å². The minimum atomic E-state index is -4.73. The summed E-state index contributed by atoms with van der Waals surface area (Å²) in [5.41, 5.74) is 4.77. The van der Waals surface area contributed by atoms with E-state index >= 15 is 0 Å². The summed E-state index contributed by atoms with van der Waals surface area (Å²) in [6.07, 6.45) is -4.90. The second-order valence-corrected chi connectivity index (χ2v) is 6.17. The van der Waals surface area contributed by atoms with Crippen LogP contribution in [0, 0.1) is 0 Å². The molecular formula is C13H19ClF3N5O2. The van der Waals surface area contributed by atoms with E-state index in [0.29, 0.717) is 6.42 Å². The molecule has 7 nitrogen and oxygen atoms in total. The average molecular weight is 370 g/mol. The number of carbonyl (C=O) groups is 1. The van der Waals surface area contributed by atoms with Crippen molar-refractivity contribution in [3.63, 3.8) is 0 Å². The number of alkyl carbamates (subject to hydrolysis) is 1. The Kier molecular flexibility index (Phi) is 6.47. The first kappa shape index (κ1) is 20.1. The Labute approximate surface area is 142 Å². The van der Waals surface area contributed by atoms with Gasteiger partial charge in [-0.2, -0.15) is 13.2 Å².